The molecular weight excluding hydrogens is 196 g/mol. The van der Waals surface area contributed by atoms with Crippen molar-refractivity contribution in [3.63, 3.8) is 0 Å². The van der Waals surface area contributed by atoms with Gasteiger partial charge in [0.05, 0.1) is 11.6 Å². The highest BCUT2D eigenvalue weighted by Gasteiger charge is 2.11. The first-order valence-corrected chi connectivity index (χ1v) is 5.77. The van der Waals surface area contributed by atoms with Crippen molar-refractivity contribution < 1.29 is 0 Å². The molecule has 2 heteroatoms. The molecule has 85 valence electrons. The molecule has 0 saturated carbocycles. The molecule has 0 aliphatic carbocycles. The summed E-state index contributed by atoms with van der Waals surface area (Å²) in [4.78, 5) is 2.36. The van der Waals surface area contributed by atoms with E-state index in [1.807, 2.05) is 24.3 Å². The molecule has 0 aliphatic rings. The van der Waals surface area contributed by atoms with Crippen LogP contribution in [0.5, 0.6) is 0 Å². The van der Waals surface area contributed by atoms with Gasteiger partial charge in [-0.15, -0.1) is 0 Å². The van der Waals surface area contributed by atoms with E-state index in [0.717, 1.165) is 25.1 Å². The SMILES string of the molecule is CCN(CC)[C](C)Cc1ccc(C#N)cc1. The summed E-state index contributed by atoms with van der Waals surface area (Å²) in [6, 6.07) is 11.3. The summed E-state index contributed by atoms with van der Waals surface area (Å²) < 4.78 is 0. The lowest BCUT2D eigenvalue weighted by molar-refractivity contribution is 0.313. The number of rotatable bonds is 5. The molecule has 16 heavy (non-hydrogen) atoms. The third kappa shape index (κ3) is 3.36. The fourth-order valence-electron chi connectivity index (χ4n) is 1.87. The molecular formula is C14H19N2. The summed E-state index contributed by atoms with van der Waals surface area (Å²) in [5.41, 5.74) is 1.99. The Morgan fingerprint density at radius 3 is 2.19 bits per heavy atom. The Kier molecular flexibility index (Phi) is 5.01. The van der Waals surface area contributed by atoms with Crippen LogP contribution in [0.15, 0.2) is 24.3 Å². The Morgan fingerprint density at radius 1 is 1.19 bits per heavy atom. The molecule has 0 aliphatic heterocycles. The lowest BCUT2D eigenvalue weighted by Crippen LogP contribution is -2.27. The van der Waals surface area contributed by atoms with Crippen molar-refractivity contribution in [2.45, 2.75) is 27.2 Å². The van der Waals surface area contributed by atoms with Gasteiger partial charge in [0.2, 0.25) is 0 Å². The smallest absolute Gasteiger partial charge is 0.0991 e. The van der Waals surface area contributed by atoms with Gasteiger partial charge in [0, 0.05) is 6.04 Å². The van der Waals surface area contributed by atoms with Crippen LogP contribution in [-0.2, 0) is 6.42 Å². The largest absolute Gasteiger partial charge is 0.296 e. The van der Waals surface area contributed by atoms with Crippen LogP contribution in [0.3, 0.4) is 0 Å². The first-order chi connectivity index (χ1) is 7.71. The predicted octanol–water partition coefficient (Wildman–Crippen LogP) is 2.99. The van der Waals surface area contributed by atoms with Crippen LogP contribution < -0.4 is 0 Å². The highest BCUT2D eigenvalue weighted by molar-refractivity contribution is 5.32. The third-order valence-electron chi connectivity index (χ3n) is 2.85. The molecule has 1 rings (SSSR count). The van der Waals surface area contributed by atoms with Crippen LogP contribution in [0.4, 0.5) is 0 Å². The van der Waals surface area contributed by atoms with Gasteiger partial charge in [0.15, 0.2) is 0 Å². The summed E-state index contributed by atoms with van der Waals surface area (Å²) in [5.74, 6) is 0. The Morgan fingerprint density at radius 2 is 1.75 bits per heavy atom. The molecule has 0 saturated heterocycles. The summed E-state index contributed by atoms with van der Waals surface area (Å²) in [6.45, 7) is 8.62. The van der Waals surface area contributed by atoms with E-state index in [9.17, 15) is 0 Å². The average molecular weight is 215 g/mol. The highest BCUT2D eigenvalue weighted by atomic mass is 15.1. The van der Waals surface area contributed by atoms with Crippen LogP contribution in [0.2, 0.25) is 0 Å². The van der Waals surface area contributed by atoms with Gasteiger partial charge in [-0.2, -0.15) is 5.26 Å². The number of nitriles is 1. The van der Waals surface area contributed by atoms with E-state index in [1.54, 1.807) is 0 Å². The summed E-state index contributed by atoms with van der Waals surface area (Å²) in [5, 5.41) is 8.71. The standard InChI is InChI=1S/C14H19N2/c1-4-16(5-2)12(3)10-13-6-8-14(11-15)9-7-13/h6-9H,4-5,10H2,1-3H3. The number of hydrogen-bond donors (Lipinski definition) is 0. The van der Waals surface area contributed by atoms with Crippen LogP contribution in [0.25, 0.3) is 0 Å². The summed E-state index contributed by atoms with van der Waals surface area (Å²) in [6.07, 6.45) is 0.966. The number of hydrogen-bond acceptors (Lipinski definition) is 2. The van der Waals surface area contributed by atoms with Crippen molar-refractivity contribution in [3.05, 3.63) is 41.4 Å². The molecule has 0 bridgehead atoms. The topological polar surface area (TPSA) is 27.0 Å². The van der Waals surface area contributed by atoms with Crippen molar-refractivity contribution in [3.8, 4) is 6.07 Å². The van der Waals surface area contributed by atoms with E-state index in [1.165, 1.54) is 11.6 Å². The molecule has 0 unspecified atom stereocenters. The minimum absolute atomic E-state index is 0.726. The molecule has 0 heterocycles. The first-order valence-electron chi connectivity index (χ1n) is 5.77. The molecule has 2 nitrogen and oxygen atoms in total. The van der Waals surface area contributed by atoms with Gasteiger partial charge in [-0.05, 0) is 44.1 Å². The fraction of sp³-hybridized carbons (Fsp3) is 0.429. The van der Waals surface area contributed by atoms with Crippen molar-refractivity contribution in [1.29, 1.82) is 5.26 Å². The van der Waals surface area contributed by atoms with E-state index in [0.29, 0.717) is 0 Å². The van der Waals surface area contributed by atoms with Gasteiger partial charge in [0.25, 0.3) is 0 Å². The van der Waals surface area contributed by atoms with E-state index in [-0.39, 0.29) is 0 Å². The van der Waals surface area contributed by atoms with E-state index in [2.05, 4.69) is 31.7 Å². The van der Waals surface area contributed by atoms with Crippen LogP contribution in [-0.4, -0.2) is 18.0 Å². The Bertz CT molecular complexity index is 344. The molecule has 0 fully saturated rings. The van der Waals surface area contributed by atoms with Gasteiger partial charge < -0.3 is 0 Å². The Hall–Kier alpha value is -1.33. The van der Waals surface area contributed by atoms with E-state index in [4.69, 9.17) is 5.26 Å². The van der Waals surface area contributed by atoms with Crippen molar-refractivity contribution in [1.82, 2.24) is 4.90 Å². The maximum atomic E-state index is 8.71. The molecule has 0 spiro atoms. The maximum absolute atomic E-state index is 8.71. The molecule has 1 radical (unpaired) electrons. The number of likely N-dealkylation sites (N-methyl/N-ethyl adjacent to an activating group) is 1. The van der Waals surface area contributed by atoms with Gasteiger partial charge in [-0.1, -0.05) is 26.0 Å². The normalized spacial score (nSPS) is 10.8. The third-order valence-corrected chi connectivity index (χ3v) is 2.85. The molecule has 1 aromatic carbocycles. The van der Waals surface area contributed by atoms with Gasteiger partial charge in [0.1, 0.15) is 0 Å². The van der Waals surface area contributed by atoms with E-state index < -0.39 is 0 Å². The number of nitrogens with zero attached hydrogens (tertiary/aromatic N) is 2. The predicted molar refractivity (Wildman–Crippen MR) is 66.7 cm³/mol. The van der Waals surface area contributed by atoms with Crippen molar-refractivity contribution >= 4 is 0 Å². The first kappa shape index (κ1) is 12.7. The van der Waals surface area contributed by atoms with Gasteiger partial charge >= 0.3 is 0 Å². The summed E-state index contributed by atoms with van der Waals surface area (Å²) >= 11 is 0. The Labute approximate surface area is 98.5 Å². The zero-order valence-electron chi connectivity index (χ0n) is 10.3. The minimum atomic E-state index is 0.726. The monoisotopic (exact) mass is 215 g/mol. The molecule has 0 N–H and O–H groups in total. The average Bonchev–Trinajstić information content (AvgIpc) is 2.31. The maximum Gasteiger partial charge on any atom is 0.0991 e. The zero-order chi connectivity index (χ0) is 12.0. The fourth-order valence-corrected chi connectivity index (χ4v) is 1.87. The lowest BCUT2D eigenvalue weighted by Gasteiger charge is -2.25. The zero-order valence-corrected chi connectivity index (χ0v) is 10.3. The second kappa shape index (κ2) is 6.30. The second-order valence-electron chi connectivity index (χ2n) is 3.89. The molecule has 1 aromatic rings. The van der Waals surface area contributed by atoms with Crippen molar-refractivity contribution in [2.75, 3.05) is 13.1 Å². The van der Waals surface area contributed by atoms with Gasteiger partial charge in [-0.25, -0.2) is 0 Å². The van der Waals surface area contributed by atoms with E-state index >= 15 is 0 Å². The van der Waals surface area contributed by atoms with Crippen LogP contribution >= 0.6 is 0 Å². The highest BCUT2D eigenvalue weighted by Crippen LogP contribution is 2.15. The molecule has 0 amide bonds. The van der Waals surface area contributed by atoms with Crippen LogP contribution in [0, 0.1) is 17.4 Å². The number of benzene rings is 1. The minimum Gasteiger partial charge on any atom is -0.296 e. The summed E-state index contributed by atoms with van der Waals surface area (Å²) in [7, 11) is 0. The lowest BCUT2D eigenvalue weighted by atomic mass is 10.0. The van der Waals surface area contributed by atoms with Gasteiger partial charge in [-0.3, -0.25) is 4.90 Å². The van der Waals surface area contributed by atoms with Crippen molar-refractivity contribution in [2.24, 2.45) is 0 Å². The van der Waals surface area contributed by atoms with Crippen LogP contribution in [0.1, 0.15) is 31.9 Å². The molecule has 0 atom stereocenters. The Balaban J connectivity index is 2.62. The molecule has 0 aromatic heterocycles. The second-order valence-corrected chi connectivity index (χ2v) is 3.89. The quantitative estimate of drug-likeness (QED) is 0.755.